The minimum atomic E-state index is -0.592. The van der Waals surface area contributed by atoms with E-state index < -0.39 is 5.91 Å². The molecule has 1 aliphatic heterocycles. The summed E-state index contributed by atoms with van der Waals surface area (Å²) < 4.78 is 5.35. The fraction of sp³-hybridized carbons (Fsp3) is 0.350. The van der Waals surface area contributed by atoms with Crippen molar-refractivity contribution in [2.75, 3.05) is 18.0 Å². The van der Waals surface area contributed by atoms with Crippen LogP contribution < -0.4 is 21.3 Å². The van der Waals surface area contributed by atoms with Crippen LogP contribution in [0.2, 0.25) is 0 Å². The maximum absolute atomic E-state index is 11.8. The molecule has 8 nitrogen and oxygen atoms in total. The molecule has 1 saturated heterocycles. The quantitative estimate of drug-likeness (QED) is 0.300. The molecular weight excluding hydrogens is 485 g/mol. The molecule has 4 N–H and O–H groups in total. The molecule has 1 aromatic carbocycles. The Morgan fingerprint density at radius 3 is 2.55 bits per heavy atom. The van der Waals surface area contributed by atoms with E-state index in [-0.39, 0.29) is 35.6 Å². The Morgan fingerprint density at radius 2 is 1.97 bits per heavy atom. The molecule has 156 valence electrons. The van der Waals surface area contributed by atoms with Crippen molar-refractivity contribution in [2.45, 2.75) is 32.9 Å². The second-order valence-electron chi connectivity index (χ2n) is 6.49. The first-order chi connectivity index (χ1) is 13.6. The summed E-state index contributed by atoms with van der Waals surface area (Å²) in [7, 11) is 0. The van der Waals surface area contributed by atoms with Gasteiger partial charge < -0.3 is 25.7 Å². The van der Waals surface area contributed by atoms with Gasteiger partial charge in [0.25, 0.3) is 5.91 Å². The zero-order chi connectivity index (χ0) is 19.9. The van der Waals surface area contributed by atoms with Crippen LogP contribution in [-0.4, -0.2) is 30.9 Å². The Bertz CT molecular complexity index is 863. The summed E-state index contributed by atoms with van der Waals surface area (Å²) in [6, 6.07) is 11.1. The van der Waals surface area contributed by atoms with Crippen molar-refractivity contribution in [3.63, 3.8) is 0 Å². The Balaban J connectivity index is 0.00000300. The Labute approximate surface area is 186 Å². The molecule has 1 aliphatic rings. The molecule has 0 atom stereocenters. The molecule has 1 aromatic heterocycles. The molecule has 0 unspecified atom stereocenters. The van der Waals surface area contributed by atoms with Gasteiger partial charge in [-0.25, -0.2) is 4.99 Å². The number of nitrogens with two attached hydrogens (primary N) is 1. The van der Waals surface area contributed by atoms with Crippen molar-refractivity contribution in [2.24, 2.45) is 10.7 Å². The highest BCUT2D eigenvalue weighted by Crippen LogP contribution is 2.21. The number of amides is 2. The fourth-order valence-corrected chi connectivity index (χ4v) is 2.99. The molecule has 0 spiro atoms. The number of primary amides is 1. The lowest BCUT2D eigenvalue weighted by atomic mass is 10.2. The second-order valence-corrected chi connectivity index (χ2v) is 6.49. The van der Waals surface area contributed by atoms with Crippen LogP contribution in [0.4, 0.5) is 5.69 Å². The van der Waals surface area contributed by atoms with Crippen molar-refractivity contribution in [1.29, 1.82) is 0 Å². The number of nitrogens with one attached hydrogen (secondary N) is 2. The predicted octanol–water partition coefficient (Wildman–Crippen LogP) is 2.38. The smallest absolute Gasteiger partial charge is 0.284 e. The third-order valence-corrected chi connectivity index (χ3v) is 4.42. The average Bonchev–Trinajstić information content (AvgIpc) is 3.33. The number of benzene rings is 1. The number of hydrogen-bond donors (Lipinski definition) is 3. The van der Waals surface area contributed by atoms with Gasteiger partial charge in [0.2, 0.25) is 5.91 Å². The van der Waals surface area contributed by atoms with E-state index in [0.717, 1.165) is 24.2 Å². The molecule has 3 rings (SSSR count). The number of halogens is 1. The van der Waals surface area contributed by atoms with Crippen molar-refractivity contribution < 1.29 is 14.0 Å². The minimum absolute atomic E-state index is 0. The van der Waals surface area contributed by atoms with Crippen LogP contribution in [0.15, 0.2) is 45.8 Å². The maximum atomic E-state index is 11.8. The second kappa shape index (κ2) is 10.8. The van der Waals surface area contributed by atoms with Crippen molar-refractivity contribution in [3.8, 4) is 0 Å². The standard InChI is InChI=1S/C20H25N5O3.HI/c1-2-22-20(24-13-16-9-10-17(28-16)19(21)27)23-12-14-5-7-15(8-6-14)25-11-3-4-18(25)26;/h5-10H,2-4,11-13H2,1H3,(H2,21,27)(H2,22,23,24);1H. The van der Waals surface area contributed by atoms with Gasteiger partial charge in [0.15, 0.2) is 11.7 Å². The first-order valence-corrected chi connectivity index (χ1v) is 9.37. The summed E-state index contributed by atoms with van der Waals surface area (Å²) in [5.41, 5.74) is 7.17. The van der Waals surface area contributed by atoms with Gasteiger partial charge in [0.05, 0.1) is 13.1 Å². The third-order valence-electron chi connectivity index (χ3n) is 4.42. The number of guanidine groups is 1. The van der Waals surface area contributed by atoms with Crippen LogP contribution in [0.5, 0.6) is 0 Å². The molecule has 1 fully saturated rings. The summed E-state index contributed by atoms with van der Waals surface area (Å²) in [6.07, 6.45) is 1.54. The minimum Gasteiger partial charge on any atom is -0.454 e. The average molecular weight is 511 g/mol. The van der Waals surface area contributed by atoms with Gasteiger partial charge in [-0.3, -0.25) is 9.59 Å². The Hall–Kier alpha value is -2.56. The van der Waals surface area contributed by atoms with E-state index >= 15 is 0 Å². The predicted molar refractivity (Wildman–Crippen MR) is 122 cm³/mol. The van der Waals surface area contributed by atoms with Gasteiger partial charge in [-0.2, -0.15) is 0 Å². The van der Waals surface area contributed by atoms with Gasteiger partial charge in [-0.15, -0.1) is 24.0 Å². The van der Waals surface area contributed by atoms with E-state index in [2.05, 4.69) is 15.6 Å². The van der Waals surface area contributed by atoms with Crippen LogP contribution in [-0.2, 0) is 17.9 Å². The van der Waals surface area contributed by atoms with Gasteiger partial charge >= 0.3 is 0 Å². The van der Waals surface area contributed by atoms with Gasteiger partial charge in [-0.05, 0) is 43.2 Å². The van der Waals surface area contributed by atoms with E-state index in [9.17, 15) is 9.59 Å². The number of furan rings is 1. The largest absolute Gasteiger partial charge is 0.454 e. The van der Waals surface area contributed by atoms with Crippen LogP contribution in [0.25, 0.3) is 0 Å². The first-order valence-electron chi connectivity index (χ1n) is 9.37. The number of carbonyl (C=O) groups excluding carboxylic acids is 2. The van der Waals surface area contributed by atoms with E-state index in [1.165, 1.54) is 0 Å². The summed E-state index contributed by atoms with van der Waals surface area (Å²) in [5.74, 6) is 0.959. The molecule has 2 heterocycles. The van der Waals surface area contributed by atoms with Crippen LogP contribution in [0.3, 0.4) is 0 Å². The fourth-order valence-electron chi connectivity index (χ4n) is 2.99. The van der Waals surface area contributed by atoms with E-state index in [4.69, 9.17) is 10.2 Å². The monoisotopic (exact) mass is 511 g/mol. The first kappa shape index (κ1) is 22.7. The van der Waals surface area contributed by atoms with E-state index in [1.807, 2.05) is 36.1 Å². The molecule has 29 heavy (non-hydrogen) atoms. The number of rotatable bonds is 7. The lowest BCUT2D eigenvalue weighted by molar-refractivity contribution is -0.117. The van der Waals surface area contributed by atoms with Gasteiger partial charge in [0.1, 0.15) is 5.76 Å². The lowest BCUT2D eigenvalue weighted by Gasteiger charge is -2.15. The summed E-state index contributed by atoms with van der Waals surface area (Å²) in [5, 5.41) is 6.33. The van der Waals surface area contributed by atoms with Crippen molar-refractivity contribution in [1.82, 2.24) is 10.6 Å². The highest BCUT2D eigenvalue weighted by Gasteiger charge is 2.21. The highest BCUT2D eigenvalue weighted by atomic mass is 127. The van der Waals surface area contributed by atoms with Crippen molar-refractivity contribution >= 4 is 47.4 Å². The topological polar surface area (TPSA) is 113 Å². The number of aliphatic imine (C=N–C) groups is 1. The molecule has 2 amide bonds. The molecular formula is C20H26IN5O3. The lowest BCUT2D eigenvalue weighted by Crippen LogP contribution is -2.36. The Kier molecular flexibility index (Phi) is 8.50. The molecule has 2 aromatic rings. The number of carbonyl (C=O) groups is 2. The maximum Gasteiger partial charge on any atom is 0.284 e. The molecule has 0 saturated carbocycles. The molecule has 0 radical (unpaired) electrons. The normalized spacial score (nSPS) is 13.9. The zero-order valence-electron chi connectivity index (χ0n) is 16.3. The molecule has 9 heteroatoms. The van der Waals surface area contributed by atoms with Crippen LogP contribution in [0.1, 0.15) is 41.6 Å². The van der Waals surface area contributed by atoms with Crippen LogP contribution in [0, 0.1) is 0 Å². The summed E-state index contributed by atoms with van der Waals surface area (Å²) in [6.45, 7) is 4.36. The van der Waals surface area contributed by atoms with Gasteiger partial charge in [-0.1, -0.05) is 12.1 Å². The summed E-state index contributed by atoms with van der Waals surface area (Å²) >= 11 is 0. The van der Waals surface area contributed by atoms with Gasteiger partial charge in [0, 0.05) is 25.2 Å². The number of anilines is 1. The summed E-state index contributed by atoms with van der Waals surface area (Å²) in [4.78, 5) is 29.3. The molecule has 0 bridgehead atoms. The third kappa shape index (κ3) is 6.21. The SMILES string of the molecule is CCNC(=NCc1ccc(N2CCCC2=O)cc1)NCc1ccc(C(N)=O)o1.I. The zero-order valence-corrected chi connectivity index (χ0v) is 18.6. The number of hydrogen-bond acceptors (Lipinski definition) is 4. The highest BCUT2D eigenvalue weighted by molar-refractivity contribution is 14.0. The number of nitrogens with zero attached hydrogens (tertiary/aromatic N) is 2. The van der Waals surface area contributed by atoms with E-state index in [0.29, 0.717) is 37.8 Å². The molecule has 0 aliphatic carbocycles. The Morgan fingerprint density at radius 1 is 1.21 bits per heavy atom. The van der Waals surface area contributed by atoms with Crippen molar-refractivity contribution in [3.05, 3.63) is 53.5 Å². The van der Waals surface area contributed by atoms with E-state index in [1.54, 1.807) is 12.1 Å². The van der Waals surface area contributed by atoms with Crippen LogP contribution >= 0.6 is 24.0 Å².